The van der Waals surface area contributed by atoms with E-state index in [0.717, 1.165) is 29.9 Å². The Balaban J connectivity index is 1.76. The van der Waals surface area contributed by atoms with Gasteiger partial charge in [-0.1, -0.05) is 6.92 Å². The first kappa shape index (κ1) is 17.3. The van der Waals surface area contributed by atoms with E-state index in [4.69, 9.17) is 4.42 Å². The molecule has 0 bridgehead atoms. The molecule has 4 rings (SSSR count). The van der Waals surface area contributed by atoms with Gasteiger partial charge in [0.2, 0.25) is 10.0 Å². The van der Waals surface area contributed by atoms with Crippen LogP contribution in [-0.2, 0) is 17.1 Å². The maximum Gasteiger partial charge on any atom is 0.243 e. The smallest absolute Gasteiger partial charge is 0.243 e. The predicted molar refractivity (Wildman–Crippen MR) is 99.2 cm³/mol. The van der Waals surface area contributed by atoms with Crippen LogP contribution in [0, 0.1) is 12.8 Å². The minimum absolute atomic E-state index is 0.267. The maximum absolute atomic E-state index is 13.4. The number of aryl methyl sites for hydroxylation is 2. The first-order chi connectivity index (χ1) is 12.4. The van der Waals surface area contributed by atoms with Crippen molar-refractivity contribution in [3.8, 4) is 0 Å². The molecule has 1 aliphatic heterocycles. The second-order valence-corrected chi connectivity index (χ2v) is 9.11. The lowest BCUT2D eigenvalue weighted by molar-refractivity contribution is 0.184. The van der Waals surface area contributed by atoms with Gasteiger partial charge in [-0.05, 0) is 56.0 Å². The molecule has 3 heterocycles. The highest BCUT2D eigenvalue weighted by molar-refractivity contribution is 7.89. The normalized spacial score (nSPS) is 22.1. The minimum atomic E-state index is -3.63. The van der Waals surface area contributed by atoms with Crippen LogP contribution in [-0.4, -0.2) is 28.8 Å². The predicted octanol–water partition coefficient (Wildman–Crippen LogP) is 3.64. The van der Waals surface area contributed by atoms with Crippen molar-refractivity contribution in [2.75, 3.05) is 6.54 Å². The quantitative estimate of drug-likeness (QED) is 0.703. The van der Waals surface area contributed by atoms with Crippen LogP contribution in [0.15, 0.2) is 46.0 Å². The fourth-order valence-corrected chi connectivity index (χ4v) is 5.35. The number of fused-ring (bicyclic) bond motifs is 1. The molecule has 1 fully saturated rings. The Morgan fingerprint density at radius 2 is 2.04 bits per heavy atom. The lowest BCUT2D eigenvalue weighted by Crippen LogP contribution is -2.40. The minimum Gasteiger partial charge on any atom is -0.465 e. The molecular weight excluding hydrogens is 350 g/mol. The number of sulfonamides is 1. The van der Waals surface area contributed by atoms with Crippen molar-refractivity contribution in [2.24, 2.45) is 13.0 Å². The maximum atomic E-state index is 13.4. The van der Waals surface area contributed by atoms with Crippen LogP contribution in [0.3, 0.4) is 0 Å². The summed E-state index contributed by atoms with van der Waals surface area (Å²) in [6, 6.07) is 8.65. The lowest BCUT2D eigenvalue weighted by atomic mass is 9.93. The average Bonchev–Trinajstić information content (AvgIpc) is 3.20. The van der Waals surface area contributed by atoms with E-state index in [2.05, 4.69) is 11.9 Å². The van der Waals surface area contributed by atoms with Crippen LogP contribution >= 0.6 is 0 Å². The molecule has 2 atom stereocenters. The molecule has 2 unspecified atom stereocenters. The van der Waals surface area contributed by atoms with Crippen LogP contribution in [0.25, 0.3) is 11.0 Å². The average molecular weight is 373 g/mol. The topological polar surface area (TPSA) is 68.3 Å². The summed E-state index contributed by atoms with van der Waals surface area (Å²) in [5.74, 6) is 1.97. The molecular formula is C19H23N3O3S. The van der Waals surface area contributed by atoms with Crippen molar-refractivity contribution >= 4 is 21.1 Å². The second-order valence-electron chi connectivity index (χ2n) is 7.22. The molecule has 2 aromatic heterocycles. The van der Waals surface area contributed by atoms with Gasteiger partial charge in [-0.25, -0.2) is 13.4 Å². The summed E-state index contributed by atoms with van der Waals surface area (Å²) in [6.45, 7) is 4.53. The van der Waals surface area contributed by atoms with E-state index in [9.17, 15) is 8.42 Å². The van der Waals surface area contributed by atoms with E-state index in [1.807, 2.05) is 36.7 Å². The van der Waals surface area contributed by atoms with Crippen molar-refractivity contribution in [1.82, 2.24) is 13.9 Å². The zero-order chi connectivity index (χ0) is 18.5. The number of piperidine rings is 1. The second kappa shape index (κ2) is 6.25. The number of nitrogens with zero attached hydrogens (tertiary/aromatic N) is 3. The van der Waals surface area contributed by atoms with Crippen LogP contribution in [0.2, 0.25) is 0 Å². The molecule has 0 N–H and O–H groups in total. The molecule has 26 heavy (non-hydrogen) atoms. The van der Waals surface area contributed by atoms with Gasteiger partial charge < -0.3 is 8.98 Å². The van der Waals surface area contributed by atoms with Gasteiger partial charge in [0.05, 0.1) is 28.3 Å². The summed E-state index contributed by atoms with van der Waals surface area (Å²) < 4.78 is 36.0. The number of benzene rings is 1. The van der Waals surface area contributed by atoms with Gasteiger partial charge in [0.15, 0.2) is 0 Å². The van der Waals surface area contributed by atoms with Gasteiger partial charge in [0.1, 0.15) is 11.5 Å². The Labute approximate surface area is 153 Å². The SMILES string of the molecule is Cc1ccc(C2CC(C)CCN2S(=O)(=O)c2ccc3c(c2)ncn3C)o1. The summed E-state index contributed by atoms with van der Waals surface area (Å²) >= 11 is 0. The molecule has 1 aliphatic rings. The number of aromatic nitrogens is 2. The first-order valence-corrected chi connectivity index (χ1v) is 10.3. The van der Waals surface area contributed by atoms with Crippen LogP contribution < -0.4 is 0 Å². The number of furan rings is 1. The number of rotatable bonds is 3. The summed E-state index contributed by atoms with van der Waals surface area (Å²) in [7, 11) is -1.74. The molecule has 7 heteroatoms. The molecule has 0 aliphatic carbocycles. The molecule has 6 nitrogen and oxygen atoms in total. The Bertz CT molecular complexity index is 1050. The van der Waals surface area contributed by atoms with Crippen molar-refractivity contribution in [1.29, 1.82) is 0 Å². The molecule has 0 spiro atoms. The number of imidazole rings is 1. The van der Waals surface area contributed by atoms with Crippen LogP contribution in [0.1, 0.15) is 37.3 Å². The Morgan fingerprint density at radius 1 is 1.23 bits per heavy atom. The van der Waals surface area contributed by atoms with E-state index in [0.29, 0.717) is 18.0 Å². The van der Waals surface area contributed by atoms with Crippen LogP contribution in [0.5, 0.6) is 0 Å². The Hall–Kier alpha value is -2.12. The van der Waals surface area contributed by atoms with Crippen molar-refractivity contribution in [3.05, 3.63) is 48.2 Å². The zero-order valence-corrected chi connectivity index (χ0v) is 16.0. The van der Waals surface area contributed by atoms with E-state index < -0.39 is 10.0 Å². The van der Waals surface area contributed by atoms with Crippen molar-refractivity contribution < 1.29 is 12.8 Å². The fraction of sp³-hybridized carbons (Fsp3) is 0.421. The highest BCUT2D eigenvalue weighted by atomic mass is 32.2. The zero-order valence-electron chi connectivity index (χ0n) is 15.2. The molecule has 0 radical (unpaired) electrons. The van der Waals surface area contributed by atoms with Gasteiger partial charge in [-0.15, -0.1) is 0 Å². The molecule has 3 aromatic rings. The third kappa shape index (κ3) is 2.85. The van der Waals surface area contributed by atoms with Crippen LogP contribution in [0.4, 0.5) is 0 Å². The standard InChI is InChI=1S/C19H23N3O3S/c1-13-8-9-22(18(10-13)19-7-4-14(2)25-19)26(23,24)15-5-6-17-16(11-15)20-12-21(17)3/h4-7,11-13,18H,8-10H2,1-3H3. The van der Waals surface area contributed by atoms with E-state index in [1.54, 1.807) is 22.8 Å². The van der Waals surface area contributed by atoms with E-state index in [1.165, 1.54) is 0 Å². The van der Waals surface area contributed by atoms with Gasteiger partial charge >= 0.3 is 0 Å². The monoisotopic (exact) mass is 373 g/mol. The highest BCUT2D eigenvalue weighted by Gasteiger charge is 2.38. The summed E-state index contributed by atoms with van der Waals surface area (Å²) in [4.78, 5) is 4.58. The van der Waals surface area contributed by atoms with Crippen molar-refractivity contribution in [2.45, 2.75) is 37.6 Å². The number of hydrogen-bond donors (Lipinski definition) is 0. The number of hydrogen-bond acceptors (Lipinski definition) is 4. The lowest BCUT2D eigenvalue weighted by Gasteiger charge is -2.36. The molecule has 0 saturated carbocycles. The van der Waals surface area contributed by atoms with Gasteiger partial charge in [-0.3, -0.25) is 0 Å². The molecule has 0 amide bonds. The van der Waals surface area contributed by atoms with Gasteiger partial charge in [0.25, 0.3) is 0 Å². The Kier molecular flexibility index (Phi) is 4.16. The Morgan fingerprint density at radius 3 is 2.77 bits per heavy atom. The van der Waals surface area contributed by atoms with Gasteiger partial charge in [-0.2, -0.15) is 4.31 Å². The largest absolute Gasteiger partial charge is 0.465 e. The van der Waals surface area contributed by atoms with Crippen molar-refractivity contribution in [3.63, 3.8) is 0 Å². The van der Waals surface area contributed by atoms with Gasteiger partial charge in [0, 0.05) is 13.6 Å². The summed E-state index contributed by atoms with van der Waals surface area (Å²) in [6.07, 6.45) is 3.30. The fourth-order valence-electron chi connectivity index (χ4n) is 3.71. The highest BCUT2D eigenvalue weighted by Crippen LogP contribution is 2.38. The summed E-state index contributed by atoms with van der Waals surface area (Å²) in [5.41, 5.74) is 1.60. The first-order valence-electron chi connectivity index (χ1n) is 8.85. The molecule has 1 aromatic carbocycles. The van der Waals surface area contributed by atoms with E-state index >= 15 is 0 Å². The molecule has 138 valence electrons. The molecule has 1 saturated heterocycles. The summed E-state index contributed by atoms with van der Waals surface area (Å²) in [5, 5.41) is 0. The van der Waals surface area contributed by atoms with E-state index in [-0.39, 0.29) is 10.9 Å². The third-order valence-electron chi connectivity index (χ3n) is 5.21. The third-order valence-corrected chi connectivity index (χ3v) is 7.11.